The average Bonchev–Trinajstić information content (AvgIpc) is 3.26. The van der Waals surface area contributed by atoms with Gasteiger partial charge < -0.3 is 5.32 Å². The van der Waals surface area contributed by atoms with Crippen LogP contribution in [0.2, 0.25) is 0 Å². The molecule has 0 saturated heterocycles. The number of rotatable bonds is 3. The highest BCUT2D eigenvalue weighted by molar-refractivity contribution is 5.97. The summed E-state index contributed by atoms with van der Waals surface area (Å²) >= 11 is 0. The summed E-state index contributed by atoms with van der Waals surface area (Å²) in [5.74, 6) is -0.161. The molecule has 0 bridgehead atoms. The molecule has 3 aromatic rings. The molecular weight excluding hydrogens is 331 g/mol. The topological polar surface area (TPSA) is 57.8 Å². The van der Waals surface area contributed by atoms with E-state index in [2.05, 4.69) is 15.5 Å². The van der Waals surface area contributed by atoms with Crippen LogP contribution in [0, 0.1) is 0 Å². The number of amides is 1. The van der Waals surface area contributed by atoms with Crippen molar-refractivity contribution in [1.29, 1.82) is 0 Å². The minimum atomic E-state index is -4.45. The lowest BCUT2D eigenvalue weighted by Crippen LogP contribution is -2.25. The van der Waals surface area contributed by atoms with Gasteiger partial charge in [0.15, 0.2) is 0 Å². The number of nitrogens with one attached hydrogen (secondary N) is 2. The van der Waals surface area contributed by atoms with Crippen LogP contribution in [0.1, 0.15) is 28.8 Å². The van der Waals surface area contributed by atoms with Crippen LogP contribution in [0.15, 0.2) is 42.6 Å². The highest BCUT2D eigenvalue weighted by Crippen LogP contribution is 2.36. The Kier molecular flexibility index (Phi) is 3.52. The standard InChI is InChI=1S/C18H14F3N3O/c19-18(20,21)12-7-14(15-9-22-24-16(15)8-12)10-1-3-11(4-2-10)17(25)23-13-5-6-13/h1-4,7-9,13H,5-6H2,(H,22,24)(H,23,25). The Hall–Kier alpha value is -2.83. The predicted octanol–water partition coefficient (Wildman–Crippen LogP) is 4.14. The Morgan fingerprint density at radius 1 is 1.16 bits per heavy atom. The Labute approximate surface area is 141 Å². The molecule has 1 aromatic heterocycles. The van der Waals surface area contributed by atoms with Gasteiger partial charge in [0.1, 0.15) is 0 Å². The zero-order valence-corrected chi connectivity index (χ0v) is 13.0. The van der Waals surface area contributed by atoms with Crippen LogP contribution in [0.25, 0.3) is 22.0 Å². The summed E-state index contributed by atoms with van der Waals surface area (Å²) in [6.45, 7) is 0. The van der Waals surface area contributed by atoms with Crippen molar-refractivity contribution in [1.82, 2.24) is 15.5 Å². The van der Waals surface area contributed by atoms with E-state index in [1.165, 1.54) is 6.20 Å². The number of aromatic amines is 1. The molecule has 2 N–H and O–H groups in total. The van der Waals surface area contributed by atoms with Crippen LogP contribution >= 0.6 is 0 Å². The number of H-pyrrole nitrogens is 1. The molecule has 0 spiro atoms. The highest BCUT2D eigenvalue weighted by Gasteiger charge is 2.31. The number of fused-ring (bicyclic) bond motifs is 1. The van der Waals surface area contributed by atoms with E-state index in [-0.39, 0.29) is 11.9 Å². The van der Waals surface area contributed by atoms with E-state index in [4.69, 9.17) is 0 Å². The first-order chi connectivity index (χ1) is 11.9. The van der Waals surface area contributed by atoms with Crippen molar-refractivity contribution in [3.05, 3.63) is 53.7 Å². The number of hydrogen-bond donors (Lipinski definition) is 2. The Morgan fingerprint density at radius 3 is 2.52 bits per heavy atom. The quantitative estimate of drug-likeness (QED) is 0.749. The summed E-state index contributed by atoms with van der Waals surface area (Å²) in [6.07, 6.45) is -0.963. The molecule has 1 heterocycles. The van der Waals surface area contributed by atoms with E-state index >= 15 is 0 Å². The van der Waals surface area contributed by atoms with Crippen molar-refractivity contribution in [2.45, 2.75) is 25.1 Å². The molecule has 0 aliphatic heterocycles. The van der Waals surface area contributed by atoms with E-state index < -0.39 is 11.7 Å². The zero-order valence-electron chi connectivity index (χ0n) is 13.0. The van der Waals surface area contributed by atoms with Crippen LogP contribution < -0.4 is 5.32 Å². The fourth-order valence-corrected chi connectivity index (χ4v) is 2.75. The Balaban J connectivity index is 1.73. The summed E-state index contributed by atoms with van der Waals surface area (Å²) in [5.41, 5.74) is 1.09. The lowest BCUT2D eigenvalue weighted by molar-refractivity contribution is -0.137. The molecule has 0 radical (unpaired) electrons. The molecule has 128 valence electrons. The van der Waals surface area contributed by atoms with Gasteiger partial charge in [0, 0.05) is 17.0 Å². The summed E-state index contributed by atoms with van der Waals surface area (Å²) < 4.78 is 39.4. The van der Waals surface area contributed by atoms with E-state index in [0.29, 0.717) is 27.6 Å². The van der Waals surface area contributed by atoms with Gasteiger partial charge in [0.25, 0.3) is 5.91 Å². The number of alkyl halides is 3. The minimum Gasteiger partial charge on any atom is -0.349 e. The number of carbonyl (C=O) groups is 1. The van der Waals surface area contributed by atoms with Gasteiger partial charge >= 0.3 is 6.18 Å². The van der Waals surface area contributed by atoms with Crippen LogP contribution in [0.3, 0.4) is 0 Å². The number of carbonyl (C=O) groups excluding carboxylic acids is 1. The molecule has 25 heavy (non-hydrogen) atoms. The molecule has 1 aliphatic carbocycles. The van der Waals surface area contributed by atoms with Crippen LogP contribution in [0.5, 0.6) is 0 Å². The molecule has 0 unspecified atom stereocenters. The largest absolute Gasteiger partial charge is 0.416 e. The molecule has 7 heteroatoms. The van der Waals surface area contributed by atoms with Crippen molar-refractivity contribution in [2.75, 3.05) is 0 Å². The molecule has 1 amide bonds. The van der Waals surface area contributed by atoms with Gasteiger partial charge in [-0.25, -0.2) is 0 Å². The van der Waals surface area contributed by atoms with Crippen molar-refractivity contribution >= 4 is 16.8 Å². The van der Waals surface area contributed by atoms with Gasteiger partial charge in [-0.05, 0) is 48.2 Å². The van der Waals surface area contributed by atoms with E-state index in [9.17, 15) is 18.0 Å². The second-order valence-corrected chi connectivity index (χ2v) is 6.18. The Bertz CT molecular complexity index is 940. The molecule has 4 rings (SSSR count). The molecule has 1 saturated carbocycles. The molecule has 2 aromatic carbocycles. The maximum Gasteiger partial charge on any atom is 0.416 e. The number of aromatic nitrogens is 2. The summed E-state index contributed by atoms with van der Waals surface area (Å²) in [4.78, 5) is 12.0. The number of benzene rings is 2. The van der Waals surface area contributed by atoms with Gasteiger partial charge in [-0.15, -0.1) is 0 Å². The Morgan fingerprint density at radius 2 is 1.88 bits per heavy atom. The van der Waals surface area contributed by atoms with Crippen LogP contribution in [-0.4, -0.2) is 22.1 Å². The monoisotopic (exact) mass is 345 g/mol. The fraction of sp³-hybridized carbons (Fsp3) is 0.222. The first-order valence-electron chi connectivity index (χ1n) is 7.87. The number of hydrogen-bond acceptors (Lipinski definition) is 2. The number of halogens is 3. The minimum absolute atomic E-state index is 0.161. The third-order valence-corrected chi connectivity index (χ3v) is 4.26. The second kappa shape index (κ2) is 5.61. The number of nitrogens with zero attached hydrogens (tertiary/aromatic N) is 1. The van der Waals surface area contributed by atoms with Gasteiger partial charge in [0.2, 0.25) is 0 Å². The van der Waals surface area contributed by atoms with E-state index in [1.807, 2.05) is 0 Å². The smallest absolute Gasteiger partial charge is 0.349 e. The molecule has 1 fully saturated rings. The normalized spacial score (nSPS) is 14.7. The maximum atomic E-state index is 13.1. The average molecular weight is 345 g/mol. The third kappa shape index (κ3) is 3.09. The molecule has 1 aliphatic rings. The van der Waals surface area contributed by atoms with Gasteiger partial charge in [-0.1, -0.05) is 12.1 Å². The second-order valence-electron chi connectivity index (χ2n) is 6.18. The van der Waals surface area contributed by atoms with Crippen LogP contribution in [0.4, 0.5) is 13.2 Å². The van der Waals surface area contributed by atoms with Crippen LogP contribution in [-0.2, 0) is 6.18 Å². The molecule has 0 atom stereocenters. The first-order valence-corrected chi connectivity index (χ1v) is 7.87. The van der Waals surface area contributed by atoms with Gasteiger partial charge in [-0.2, -0.15) is 18.3 Å². The first kappa shape index (κ1) is 15.7. The summed E-state index contributed by atoms with van der Waals surface area (Å²) in [7, 11) is 0. The van der Waals surface area contributed by atoms with E-state index in [1.54, 1.807) is 24.3 Å². The lowest BCUT2D eigenvalue weighted by Gasteiger charge is -2.11. The third-order valence-electron chi connectivity index (χ3n) is 4.26. The fourth-order valence-electron chi connectivity index (χ4n) is 2.75. The van der Waals surface area contributed by atoms with Gasteiger partial charge in [0.05, 0.1) is 17.3 Å². The van der Waals surface area contributed by atoms with Crippen molar-refractivity contribution in [3.63, 3.8) is 0 Å². The highest BCUT2D eigenvalue weighted by atomic mass is 19.4. The summed E-state index contributed by atoms with van der Waals surface area (Å²) in [5, 5.41) is 9.91. The molecular formula is C18H14F3N3O. The summed E-state index contributed by atoms with van der Waals surface area (Å²) in [6, 6.07) is 8.97. The SMILES string of the molecule is O=C(NC1CC1)c1ccc(-c2cc(C(F)(F)F)cc3[nH]ncc23)cc1. The predicted molar refractivity (Wildman–Crippen MR) is 87.0 cm³/mol. The van der Waals surface area contributed by atoms with Crippen molar-refractivity contribution in [3.8, 4) is 11.1 Å². The molecule has 4 nitrogen and oxygen atoms in total. The lowest BCUT2D eigenvalue weighted by atomic mass is 9.98. The zero-order chi connectivity index (χ0) is 17.6. The van der Waals surface area contributed by atoms with Crippen molar-refractivity contribution in [2.24, 2.45) is 0 Å². The van der Waals surface area contributed by atoms with Crippen molar-refractivity contribution < 1.29 is 18.0 Å². The van der Waals surface area contributed by atoms with E-state index in [0.717, 1.165) is 25.0 Å². The van der Waals surface area contributed by atoms with Gasteiger partial charge in [-0.3, -0.25) is 9.89 Å². The maximum absolute atomic E-state index is 13.1.